The van der Waals surface area contributed by atoms with Gasteiger partial charge in [0.2, 0.25) is 0 Å². The number of nitrogens with zero attached hydrogens (tertiary/aromatic N) is 1. The predicted molar refractivity (Wildman–Crippen MR) is 51.6 cm³/mol. The molecule has 1 saturated heterocycles. The van der Waals surface area contributed by atoms with Gasteiger partial charge in [-0.2, -0.15) is 0 Å². The maximum Gasteiger partial charge on any atom is 0.0902 e. The van der Waals surface area contributed by atoms with Gasteiger partial charge in [-0.3, -0.25) is 4.90 Å². The highest BCUT2D eigenvalue weighted by Gasteiger charge is 2.27. The standard InChI is InChI=1S/C8H16N2S/c1-6(2)10-5-3-4-7(10)8(9)11/h6-7H,3-5H2,1-2H3,(H2,9,11). The highest BCUT2D eigenvalue weighted by atomic mass is 32.1. The van der Waals surface area contributed by atoms with Crippen LogP contribution >= 0.6 is 12.2 Å². The summed E-state index contributed by atoms with van der Waals surface area (Å²) in [6.45, 7) is 5.53. The summed E-state index contributed by atoms with van der Waals surface area (Å²) < 4.78 is 0. The third-order valence-electron chi connectivity index (χ3n) is 2.29. The molecule has 3 heteroatoms. The number of rotatable bonds is 2. The van der Waals surface area contributed by atoms with E-state index < -0.39 is 0 Å². The zero-order chi connectivity index (χ0) is 8.43. The average Bonchev–Trinajstić information content (AvgIpc) is 2.32. The minimum absolute atomic E-state index is 0.366. The van der Waals surface area contributed by atoms with Gasteiger partial charge in [-0.15, -0.1) is 0 Å². The molecular weight excluding hydrogens is 156 g/mol. The van der Waals surface area contributed by atoms with Crippen molar-refractivity contribution < 1.29 is 0 Å². The third-order valence-corrected chi connectivity index (χ3v) is 2.56. The van der Waals surface area contributed by atoms with Gasteiger partial charge in [-0.05, 0) is 33.2 Å². The van der Waals surface area contributed by atoms with Crippen molar-refractivity contribution in [2.24, 2.45) is 5.73 Å². The van der Waals surface area contributed by atoms with E-state index in [1.807, 2.05) is 0 Å². The van der Waals surface area contributed by atoms with E-state index in [-0.39, 0.29) is 0 Å². The van der Waals surface area contributed by atoms with Gasteiger partial charge in [0, 0.05) is 6.04 Å². The molecule has 1 atom stereocenters. The lowest BCUT2D eigenvalue weighted by Gasteiger charge is -2.27. The predicted octanol–water partition coefficient (Wildman–Crippen LogP) is 1.15. The molecule has 1 heterocycles. The second-order valence-corrected chi connectivity index (χ2v) is 3.86. The summed E-state index contributed by atoms with van der Waals surface area (Å²) in [6.07, 6.45) is 2.38. The topological polar surface area (TPSA) is 29.3 Å². The first-order valence-electron chi connectivity index (χ1n) is 4.18. The van der Waals surface area contributed by atoms with E-state index in [9.17, 15) is 0 Å². The first-order chi connectivity index (χ1) is 5.13. The fourth-order valence-electron chi connectivity index (χ4n) is 1.71. The maximum atomic E-state index is 5.62. The number of nitrogens with two attached hydrogens (primary N) is 1. The zero-order valence-corrected chi connectivity index (χ0v) is 8.03. The van der Waals surface area contributed by atoms with Gasteiger partial charge in [0.15, 0.2) is 0 Å². The fraction of sp³-hybridized carbons (Fsp3) is 0.875. The van der Waals surface area contributed by atoms with Crippen molar-refractivity contribution in [3.05, 3.63) is 0 Å². The van der Waals surface area contributed by atoms with Gasteiger partial charge in [0.1, 0.15) is 0 Å². The lowest BCUT2D eigenvalue weighted by molar-refractivity contribution is 0.245. The van der Waals surface area contributed by atoms with Crippen LogP contribution in [0.25, 0.3) is 0 Å². The highest BCUT2D eigenvalue weighted by molar-refractivity contribution is 7.80. The monoisotopic (exact) mass is 172 g/mol. The maximum absolute atomic E-state index is 5.62. The van der Waals surface area contributed by atoms with Crippen molar-refractivity contribution in [1.82, 2.24) is 4.90 Å². The van der Waals surface area contributed by atoms with Crippen LogP contribution < -0.4 is 5.73 Å². The lowest BCUT2D eigenvalue weighted by Crippen LogP contribution is -2.42. The van der Waals surface area contributed by atoms with Crippen molar-refractivity contribution in [3.8, 4) is 0 Å². The van der Waals surface area contributed by atoms with Crippen molar-refractivity contribution in [2.45, 2.75) is 38.8 Å². The summed E-state index contributed by atoms with van der Waals surface area (Å²) in [7, 11) is 0. The molecule has 0 spiro atoms. The first kappa shape index (κ1) is 8.94. The zero-order valence-electron chi connectivity index (χ0n) is 7.21. The average molecular weight is 172 g/mol. The van der Waals surface area contributed by atoms with Crippen LogP contribution in [0.4, 0.5) is 0 Å². The minimum Gasteiger partial charge on any atom is -0.392 e. The minimum atomic E-state index is 0.366. The number of hydrogen-bond acceptors (Lipinski definition) is 2. The molecule has 1 fully saturated rings. The molecule has 0 amide bonds. The second kappa shape index (κ2) is 3.50. The molecule has 1 rings (SSSR count). The van der Waals surface area contributed by atoms with Crippen LogP contribution in [0.5, 0.6) is 0 Å². The molecule has 11 heavy (non-hydrogen) atoms. The molecule has 1 unspecified atom stereocenters. The fourth-order valence-corrected chi connectivity index (χ4v) is 1.97. The summed E-state index contributed by atoms with van der Waals surface area (Å²) in [5.74, 6) is 0. The molecule has 0 aromatic rings. The quantitative estimate of drug-likeness (QED) is 0.633. The molecule has 0 radical (unpaired) electrons. The molecule has 0 aromatic heterocycles. The highest BCUT2D eigenvalue weighted by Crippen LogP contribution is 2.19. The van der Waals surface area contributed by atoms with Crippen molar-refractivity contribution >= 4 is 17.2 Å². The van der Waals surface area contributed by atoms with Gasteiger partial charge < -0.3 is 5.73 Å². The summed E-state index contributed by atoms with van der Waals surface area (Å²) >= 11 is 4.99. The Morgan fingerprint density at radius 3 is 2.64 bits per heavy atom. The SMILES string of the molecule is CC(C)N1CCCC1C(N)=S. The van der Waals surface area contributed by atoms with Gasteiger partial charge in [0.05, 0.1) is 11.0 Å². The molecule has 1 aliphatic heterocycles. The van der Waals surface area contributed by atoms with E-state index >= 15 is 0 Å². The second-order valence-electron chi connectivity index (χ2n) is 3.39. The van der Waals surface area contributed by atoms with Crippen LogP contribution in [0.15, 0.2) is 0 Å². The van der Waals surface area contributed by atoms with Gasteiger partial charge in [-0.1, -0.05) is 12.2 Å². The van der Waals surface area contributed by atoms with E-state index in [4.69, 9.17) is 18.0 Å². The Morgan fingerprint density at radius 2 is 2.27 bits per heavy atom. The molecule has 0 bridgehead atoms. The van der Waals surface area contributed by atoms with Crippen molar-refractivity contribution in [1.29, 1.82) is 0 Å². The van der Waals surface area contributed by atoms with Crippen LogP contribution in [0, 0.1) is 0 Å². The Balaban J connectivity index is 2.58. The Labute approximate surface area is 73.7 Å². The van der Waals surface area contributed by atoms with Crippen LogP contribution in [0.1, 0.15) is 26.7 Å². The van der Waals surface area contributed by atoms with Crippen LogP contribution in [0.2, 0.25) is 0 Å². The van der Waals surface area contributed by atoms with E-state index in [0.717, 1.165) is 13.0 Å². The number of hydrogen-bond donors (Lipinski definition) is 1. The van der Waals surface area contributed by atoms with Crippen LogP contribution in [0.3, 0.4) is 0 Å². The molecule has 0 aromatic carbocycles. The Hall–Kier alpha value is -0.150. The Bertz CT molecular complexity index is 156. The molecule has 64 valence electrons. The Morgan fingerprint density at radius 1 is 1.64 bits per heavy atom. The van der Waals surface area contributed by atoms with Crippen LogP contribution in [-0.4, -0.2) is 28.5 Å². The normalized spacial score (nSPS) is 26.3. The summed E-state index contributed by atoms with van der Waals surface area (Å²) in [6, 6.07) is 0.939. The van der Waals surface area contributed by atoms with Gasteiger partial charge in [0.25, 0.3) is 0 Å². The molecule has 0 aliphatic carbocycles. The number of likely N-dealkylation sites (tertiary alicyclic amines) is 1. The first-order valence-corrected chi connectivity index (χ1v) is 4.59. The third kappa shape index (κ3) is 1.91. The molecule has 1 aliphatic rings. The van der Waals surface area contributed by atoms with E-state index in [1.54, 1.807) is 0 Å². The summed E-state index contributed by atoms with van der Waals surface area (Å²) in [4.78, 5) is 3.04. The smallest absolute Gasteiger partial charge is 0.0902 e. The van der Waals surface area contributed by atoms with E-state index in [0.29, 0.717) is 17.1 Å². The van der Waals surface area contributed by atoms with Crippen molar-refractivity contribution in [3.63, 3.8) is 0 Å². The molecular formula is C8H16N2S. The molecule has 0 saturated carbocycles. The lowest BCUT2D eigenvalue weighted by atomic mass is 10.2. The molecule has 2 nitrogen and oxygen atoms in total. The van der Waals surface area contributed by atoms with E-state index in [2.05, 4.69) is 18.7 Å². The van der Waals surface area contributed by atoms with Gasteiger partial charge in [-0.25, -0.2) is 0 Å². The van der Waals surface area contributed by atoms with Crippen molar-refractivity contribution in [2.75, 3.05) is 6.54 Å². The molecule has 2 N–H and O–H groups in total. The Kier molecular flexibility index (Phi) is 2.84. The van der Waals surface area contributed by atoms with Gasteiger partial charge >= 0.3 is 0 Å². The van der Waals surface area contributed by atoms with E-state index in [1.165, 1.54) is 6.42 Å². The van der Waals surface area contributed by atoms with Crippen LogP contribution in [-0.2, 0) is 0 Å². The largest absolute Gasteiger partial charge is 0.392 e. The number of thiocarbonyl (C=S) groups is 1. The summed E-state index contributed by atoms with van der Waals surface area (Å²) in [5.41, 5.74) is 5.62. The summed E-state index contributed by atoms with van der Waals surface area (Å²) in [5, 5.41) is 0.